The maximum absolute atomic E-state index is 11.4. The summed E-state index contributed by atoms with van der Waals surface area (Å²) in [5, 5.41) is 14.8. The van der Waals surface area contributed by atoms with Crippen LogP contribution in [0, 0.1) is 0 Å². The molecule has 3 N–H and O–H groups in total. The van der Waals surface area contributed by atoms with Gasteiger partial charge in [0.15, 0.2) is 0 Å². The van der Waals surface area contributed by atoms with Gasteiger partial charge in [-0.2, -0.15) is 0 Å². The Hall–Kier alpha value is -1.10. The Morgan fingerprint density at radius 2 is 1.83 bits per heavy atom. The highest BCUT2D eigenvalue weighted by Crippen LogP contribution is 1.99. The van der Waals surface area contributed by atoms with E-state index in [2.05, 4.69) is 10.6 Å². The zero-order valence-electron chi connectivity index (χ0n) is 11.5. The number of unbranched alkanes of at least 4 members (excludes halogenated alkanes) is 2. The van der Waals surface area contributed by atoms with Crippen LogP contribution >= 0.6 is 0 Å². The smallest absolute Gasteiger partial charge is 0.219 e. The van der Waals surface area contributed by atoms with Crippen LogP contribution in [-0.4, -0.2) is 36.1 Å². The minimum absolute atomic E-state index is 0.0118. The fourth-order valence-corrected chi connectivity index (χ4v) is 1.52. The molecule has 0 rings (SSSR count). The van der Waals surface area contributed by atoms with Gasteiger partial charge in [0.2, 0.25) is 11.8 Å². The first-order valence-electron chi connectivity index (χ1n) is 6.75. The summed E-state index contributed by atoms with van der Waals surface area (Å²) in [5.41, 5.74) is 0. The molecule has 0 aliphatic rings. The van der Waals surface area contributed by atoms with E-state index in [1.54, 1.807) is 0 Å². The zero-order valence-corrected chi connectivity index (χ0v) is 11.5. The lowest BCUT2D eigenvalue weighted by atomic mass is 10.1. The molecule has 0 saturated heterocycles. The molecule has 0 aliphatic carbocycles. The average molecular weight is 258 g/mol. The number of aliphatic hydroxyl groups is 1. The number of rotatable bonds is 10. The van der Waals surface area contributed by atoms with Gasteiger partial charge in [-0.3, -0.25) is 9.59 Å². The molecule has 1 unspecified atom stereocenters. The highest BCUT2D eigenvalue weighted by Gasteiger charge is 2.03. The lowest BCUT2D eigenvalue weighted by Crippen LogP contribution is -2.26. The quantitative estimate of drug-likeness (QED) is 0.511. The number of nitrogens with one attached hydrogen (secondary N) is 2. The summed E-state index contributed by atoms with van der Waals surface area (Å²) in [5.74, 6) is 0.0278. The molecule has 2 amide bonds. The minimum atomic E-state index is -0.317. The fourth-order valence-electron chi connectivity index (χ4n) is 1.52. The molecule has 0 aromatic heterocycles. The SMILES string of the molecule is CCC(O)CCNC(=O)CCCCCNC(C)=O. The summed E-state index contributed by atoms with van der Waals surface area (Å²) >= 11 is 0. The first-order chi connectivity index (χ1) is 8.56. The molecule has 0 spiro atoms. The van der Waals surface area contributed by atoms with Crippen LogP contribution in [0.4, 0.5) is 0 Å². The predicted molar refractivity (Wildman–Crippen MR) is 71.1 cm³/mol. The van der Waals surface area contributed by atoms with Crippen molar-refractivity contribution in [1.29, 1.82) is 0 Å². The number of hydrogen-bond acceptors (Lipinski definition) is 3. The molecule has 0 radical (unpaired) electrons. The number of carbonyl (C=O) groups excluding carboxylic acids is 2. The second-order valence-electron chi connectivity index (χ2n) is 4.49. The van der Waals surface area contributed by atoms with Crippen molar-refractivity contribution in [2.45, 2.75) is 58.5 Å². The molecule has 0 fully saturated rings. The van der Waals surface area contributed by atoms with Gasteiger partial charge in [-0.25, -0.2) is 0 Å². The molecular formula is C13H26N2O3. The second kappa shape index (κ2) is 11.0. The molecule has 0 bridgehead atoms. The monoisotopic (exact) mass is 258 g/mol. The topological polar surface area (TPSA) is 78.4 Å². The largest absolute Gasteiger partial charge is 0.393 e. The molecule has 0 aliphatic heterocycles. The van der Waals surface area contributed by atoms with Crippen molar-refractivity contribution in [2.75, 3.05) is 13.1 Å². The van der Waals surface area contributed by atoms with Crippen molar-refractivity contribution in [3.05, 3.63) is 0 Å². The normalized spacial score (nSPS) is 11.9. The van der Waals surface area contributed by atoms with Crippen LogP contribution in [0.2, 0.25) is 0 Å². The van der Waals surface area contributed by atoms with E-state index in [1.165, 1.54) is 6.92 Å². The molecule has 0 saturated carbocycles. The van der Waals surface area contributed by atoms with Crippen LogP contribution in [0.3, 0.4) is 0 Å². The van der Waals surface area contributed by atoms with Crippen LogP contribution < -0.4 is 10.6 Å². The van der Waals surface area contributed by atoms with Gasteiger partial charge >= 0.3 is 0 Å². The van der Waals surface area contributed by atoms with E-state index >= 15 is 0 Å². The van der Waals surface area contributed by atoms with Gasteiger partial charge in [-0.15, -0.1) is 0 Å². The Kier molecular flexibility index (Phi) is 10.3. The van der Waals surface area contributed by atoms with Crippen LogP contribution in [0.25, 0.3) is 0 Å². The van der Waals surface area contributed by atoms with Crippen molar-refractivity contribution in [1.82, 2.24) is 10.6 Å². The van der Waals surface area contributed by atoms with Crippen molar-refractivity contribution in [2.24, 2.45) is 0 Å². The molecule has 18 heavy (non-hydrogen) atoms. The van der Waals surface area contributed by atoms with E-state index in [1.807, 2.05) is 6.92 Å². The van der Waals surface area contributed by atoms with Gasteiger partial charge in [0.05, 0.1) is 6.10 Å². The van der Waals surface area contributed by atoms with E-state index in [4.69, 9.17) is 0 Å². The van der Waals surface area contributed by atoms with Gasteiger partial charge in [-0.1, -0.05) is 13.3 Å². The molecule has 106 valence electrons. The number of hydrogen-bond donors (Lipinski definition) is 3. The Balaban J connectivity index is 3.29. The summed E-state index contributed by atoms with van der Waals surface area (Å²) in [6.45, 7) is 4.64. The first-order valence-corrected chi connectivity index (χ1v) is 6.75. The van der Waals surface area contributed by atoms with Crippen molar-refractivity contribution in [3.63, 3.8) is 0 Å². The third-order valence-corrected chi connectivity index (χ3v) is 2.73. The maximum atomic E-state index is 11.4. The number of amides is 2. The summed E-state index contributed by atoms with van der Waals surface area (Å²) < 4.78 is 0. The Morgan fingerprint density at radius 1 is 1.11 bits per heavy atom. The lowest BCUT2D eigenvalue weighted by Gasteiger charge is -2.08. The first kappa shape index (κ1) is 16.9. The third-order valence-electron chi connectivity index (χ3n) is 2.73. The Morgan fingerprint density at radius 3 is 2.44 bits per heavy atom. The lowest BCUT2D eigenvalue weighted by molar-refractivity contribution is -0.121. The van der Waals surface area contributed by atoms with E-state index in [0.29, 0.717) is 25.9 Å². The van der Waals surface area contributed by atoms with Crippen LogP contribution in [0.5, 0.6) is 0 Å². The molecular weight excluding hydrogens is 232 g/mol. The van der Waals surface area contributed by atoms with E-state index in [0.717, 1.165) is 25.7 Å². The highest BCUT2D eigenvalue weighted by molar-refractivity contribution is 5.75. The maximum Gasteiger partial charge on any atom is 0.219 e. The third kappa shape index (κ3) is 11.4. The highest BCUT2D eigenvalue weighted by atomic mass is 16.3. The van der Waals surface area contributed by atoms with Crippen molar-refractivity contribution < 1.29 is 14.7 Å². The average Bonchev–Trinajstić information content (AvgIpc) is 2.33. The summed E-state index contributed by atoms with van der Waals surface area (Å²) in [6.07, 6.45) is 4.21. The summed E-state index contributed by atoms with van der Waals surface area (Å²) in [7, 11) is 0. The Bertz CT molecular complexity index is 244. The fraction of sp³-hybridized carbons (Fsp3) is 0.846. The molecule has 0 aromatic rings. The standard InChI is InChI=1S/C13H26N2O3/c1-3-12(17)8-10-15-13(18)7-5-4-6-9-14-11(2)16/h12,17H,3-10H2,1-2H3,(H,14,16)(H,15,18). The van der Waals surface area contributed by atoms with Crippen LogP contribution in [0.1, 0.15) is 52.4 Å². The van der Waals surface area contributed by atoms with Crippen LogP contribution in [-0.2, 0) is 9.59 Å². The van der Waals surface area contributed by atoms with Gasteiger partial charge in [0.1, 0.15) is 0 Å². The molecule has 5 nitrogen and oxygen atoms in total. The minimum Gasteiger partial charge on any atom is -0.393 e. The number of carbonyl (C=O) groups is 2. The van der Waals surface area contributed by atoms with Gasteiger partial charge in [-0.05, 0) is 25.7 Å². The van der Waals surface area contributed by atoms with Crippen molar-refractivity contribution >= 4 is 11.8 Å². The second-order valence-corrected chi connectivity index (χ2v) is 4.49. The predicted octanol–water partition coefficient (Wildman–Crippen LogP) is 0.960. The molecule has 5 heteroatoms. The number of aliphatic hydroxyl groups excluding tert-OH is 1. The van der Waals surface area contributed by atoms with Crippen molar-refractivity contribution in [3.8, 4) is 0 Å². The Labute approximate surface area is 109 Å². The van der Waals surface area contributed by atoms with E-state index in [-0.39, 0.29) is 17.9 Å². The summed E-state index contributed by atoms with van der Waals surface area (Å²) in [4.78, 5) is 22.0. The van der Waals surface area contributed by atoms with E-state index < -0.39 is 0 Å². The van der Waals surface area contributed by atoms with Gasteiger partial charge < -0.3 is 15.7 Å². The molecule has 0 aromatic carbocycles. The van der Waals surface area contributed by atoms with Crippen LogP contribution in [0.15, 0.2) is 0 Å². The van der Waals surface area contributed by atoms with Gasteiger partial charge in [0.25, 0.3) is 0 Å². The molecule has 0 heterocycles. The summed E-state index contributed by atoms with van der Waals surface area (Å²) in [6, 6.07) is 0. The molecule has 1 atom stereocenters. The van der Waals surface area contributed by atoms with Gasteiger partial charge in [0, 0.05) is 26.4 Å². The zero-order chi connectivity index (χ0) is 13.8. The van der Waals surface area contributed by atoms with E-state index in [9.17, 15) is 14.7 Å².